The van der Waals surface area contributed by atoms with Crippen molar-refractivity contribution in [3.8, 4) is 0 Å². The minimum absolute atomic E-state index is 0.917. The molecule has 1 aliphatic heterocycles. The number of dihydropyridines is 1. The average molecular weight is 215 g/mol. The molecular formula is C15H21N. The molecule has 1 rings (SSSR count). The quantitative estimate of drug-likeness (QED) is 0.692. The molecule has 0 aromatic heterocycles. The maximum absolute atomic E-state index is 4.05. The summed E-state index contributed by atoms with van der Waals surface area (Å²) in [6, 6.07) is 0. The van der Waals surface area contributed by atoms with Gasteiger partial charge in [-0.2, -0.15) is 0 Å². The first-order chi connectivity index (χ1) is 7.54. The first-order valence-electron chi connectivity index (χ1n) is 5.73. The molecule has 0 aromatic rings. The minimum atomic E-state index is 0.917. The number of nitrogens with one attached hydrogen (secondary N) is 1. The van der Waals surface area contributed by atoms with Gasteiger partial charge in [0.25, 0.3) is 0 Å². The summed E-state index contributed by atoms with van der Waals surface area (Å²) >= 11 is 0. The van der Waals surface area contributed by atoms with Gasteiger partial charge in [-0.05, 0) is 43.9 Å². The number of hydrogen-bond acceptors (Lipinski definition) is 1. The maximum Gasteiger partial charge on any atom is 0.0347 e. The van der Waals surface area contributed by atoms with E-state index in [9.17, 15) is 0 Å². The van der Waals surface area contributed by atoms with Gasteiger partial charge in [0, 0.05) is 11.4 Å². The summed E-state index contributed by atoms with van der Waals surface area (Å²) in [6.45, 7) is 14.3. The molecule has 1 heteroatoms. The molecule has 1 nitrogen and oxygen atoms in total. The number of rotatable bonds is 4. The van der Waals surface area contributed by atoms with Gasteiger partial charge in [0.2, 0.25) is 0 Å². The lowest BCUT2D eigenvalue weighted by atomic mass is 9.98. The zero-order valence-electron chi connectivity index (χ0n) is 10.6. The van der Waals surface area contributed by atoms with Crippen LogP contribution in [0.25, 0.3) is 0 Å². The molecule has 0 bridgehead atoms. The zero-order valence-corrected chi connectivity index (χ0v) is 10.6. The van der Waals surface area contributed by atoms with Crippen molar-refractivity contribution in [2.75, 3.05) is 0 Å². The Morgan fingerprint density at radius 3 is 2.69 bits per heavy atom. The SMILES string of the molecule is C=C(/C=C/CC1=C(C)C=C(C)NC1=C)CC. The molecule has 0 aliphatic carbocycles. The highest BCUT2D eigenvalue weighted by molar-refractivity contribution is 5.44. The predicted octanol–water partition coefficient (Wildman–Crippen LogP) is 4.24. The third-order valence-corrected chi connectivity index (χ3v) is 2.75. The number of allylic oxidation sites excluding steroid dienone is 7. The second-order valence-electron chi connectivity index (χ2n) is 4.21. The van der Waals surface area contributed by atoms with Crippen LogP contribution in [0.3, 0.4) is 0 Å². The fraction of sp³-hybridized carbons (Fsp3) is 0.333. The van der Waals surface area contributed by atoms with Crippen molar-refractivity contribution in [3.05, 3.63) is 59.5 Å². The molecule has 0 atom stereocenters. The average Bonchev–Trinajstić information content (AvgIpc) is 2.21. The normalized spacial score (nSPS) is 16.4. The van der Waals surface area contributed by atoms with Crippen LogP contribution in [0.15, 0.2) is 59.5 Å². The third-order valence-electron chi connectivity index (χ3n) is 2.75. The van der Waals surface area contributed by atoms with Crippen molar-refractivity contribution < 1.29 is 0 Å². The van der Waals surface area contributed by atoms with Gasteiger partial charge in [0.05, 0.1) is 0 Å². The van der Waals surface area contributed by atoms with Crippen molar-refractivity contribution in [2.24, 2.45) is 0 Å². The topological polar surface area (TPSA) is 12.0 Å². The van der Waals surface area contributed by atoms with Crippen molar-refractivity contribution in [1.29, 1.82) is 0 Å². The molecule has 0 radical (unpaired) electrons. The molecule has 1 aliphatic rings. The highest BCUT2D eigenvalue weighted by Gasteiger charge is 2.09. The Morgan fingerprint density at radius 1 is 1.44 bits per heavy atom. The molecule has 1 heterocycles. The summed E-state index contributed by atoms with van der Waals surface area (Å²) in [4.78, 5) is 0. The Morgan fingerprint density at radius 2 is 2.12 bits per heavy atom. The fourth-order valence-electron chi connectivity index (χ4n) is 1.74. The molecule has 1 N–H and O–H groups in total. The van der Waals surface area contributed by atoms with E-state index in [1.54, 1.807) is 0 Å². The van der Waals surface area contributed by atoms with E-state index >= 15 is 0 Å². The monoisotopic (exact) mass is 215 g/mol. The van der Waals surface area contributed by atoms with E-state index < -0.39 is 0 Å². The molecular weight excluding hydrogens is 194 g/mol. The van der Waals surface area contributed by atoms with E-state index in [2.05, 4.69) is 57.5 Å². The van der Waals surface area contributed by atoms with Gasteiger partial charge < -0.3 is 5.32 Å². The Kier molecular flexibility index (Phi) is 4.36. The largest absolute Gasteiger partial charge is 0.359 e. The van der Waals surface area contributed by atoms with Crippen LogP contribution in [0.2, 0.25) is 0 Å². The first-order valence-corrected chi connectivity index (χ1v) is 5.73. The van der Waals surface area contributed by atoms with Crippen molar-refractivity contribution in [1.82, 2.24) is 5.32 Å². The Bertz CT molecular complexity index is 392. The van der Waals surface area contributed by atoms with Gasteiger partial charge in [0.1, 0.15) is 0 Å². The lowest BCUT2D eigenvalue weighted by Crippen LogP contribution is -2.16. The molecule has 0 saturated heterocycles. The summed E-state index contributed by atoms with van der Waals surface area (Å²) in [7, 11) is 0. The van der Waals surface area contributed by atoms with Gasteiger partial charge >= 0.3 is 0 Å². The summed E-state index contributed by atoms with van der Waals surface area (Å²) in [5.74, 6) is 0. The molecule has 0 aromatic carbocycles. The van der Waals surface area contributed by atoms with Gasteiger partial charge in [-0.3, -0.25) is 0 Å². The molecule has 86 valence electrons. The van der Waals surface area contributed by atoms with Crippen LogP contribution < -0.4 is 5.32 Å². The van der Waals surface area contributed by atoms with E-state index in [-0.39, 0.29) is 0 Å². The zero-order chi connectivity index (χ0) is 12.1. The van der Waals surface area contributed by atoms with Gasteiger partial charge in [0.15, 0.2) is 0 Å². The summed E-state index contributed by atoms with van der Waals surface area (Å²) < 4.78 is 0. The Hall–Kier alpha value is -1.50. The standard InChI is InChI=1S/C15H21N/c1-6-11(2)8-7-9-15-12(3)10-13(4)16-14(15)5/h7-8,10,16H,2,5-6,9H2,1,3-4H3/b8-7+. The van der Waals surface area contributed by atoms with Crippen molar-refractivity contribution >= 4 is 0 Å². The van der Waals surface area contributed by atoms with Crippen LogP contribution in [0.5, 0.6) is 0 Å². The maximum atomic E-state index is 4.05. The third kappa shape index (κ3) is 3.27. The smallest absolute Gasteiger partial charge is 0.0347 e. The van der Waals surface area contributed by atoms with Crippen LogP contribution in [0.4, 0.5) is 0 Å². The predicted molar refractivity (Wildman–Crippen MR) is 71.9 cm³/mol. The molecule has 0 saturated carbocycles. The van der Waals surface area contributed by atoms with Crippen molar-refractivity contribution in [3.63, 3.8) is 0 Å². The first kappa shape index (κ1) is 12.6. The van der Waals surface area contributed by atoms with Gasteiger partial charge in [-0.25, -0.2) is 0 Å². The van der Waals surface area contributed by atoms with E-state index in [1.165, 1.54) is 16.7 Å². The van der Waals surface area contributed by atoms with Crippen LogP contribution in [-0.2, 0) is 0 Å². The number of hydrogen-bond donors (Lipinski definition) is 1. The summed E-state index contributed by atoms with van der Waals surface area (Å²) in [5.41, 5.74) is 5.93. The molecule has 0 amide bonds. The molecule has 16 heavy (non-hydrogen) atoms. The second-order valence-corrected chi connectivity index (χ2v) is 4.21. The second kappa shape index (κ2) is 5.55. The van der Waals surface area contributed by atoms with E-state index in [0.717, 1.165) is 24.2 Å². The molecule has 0 spiro atoms. The van der Waals surface area contributed by atoms with E-state index in [4.69, 9.17) is 0 Å². The summed E-state index contributed by atoms with van der Waals surface area (Å²) in [5, 5.41) is 3.26. The highest BCUT2D eigenvalue weighted by Crippen LogP contribution is 2.23. The highest BCUT2D eigenvalue weighted by atomic mass is 14.9. The van der Waals surface area contributed by atoms with Crippen LogP contribution in [0, 0.1) is 0 Å². The van der Waals surface area contributed by atoms with Gasteiger partial charge in [-0.1, -0.05) is 37.8 Å². The lowest BCUT2D eigenvalue weighted by Gasteiger charge is -2.20. The van der Waals surface area contributed by atoms with Crippen LogP contribution in [-0.4, -0.2) is 0 Å². The van der Waals surface area contributed by atoms with Crippen LogP contribution in [0.1, 0.15) is 33.6 Å². The molecule has 0 fully saturated rings. The lowest BCUT2D eigenvalue weighted by molar-refractivity contribution is 0.926. The van der Waals surface area contributed by atoms with E-state index in [1.807, 2.05) is 0 Å². The Labute approximate surface area is 98.9 Å². The fourth-order valence-corrected chi connectivity index (χ4v) is 1.74. The van der Waals surface area contributed by atoms with Gasteiger partial charge in [-0.15, -0.1) is 0 Å². The summed E-state index contributed by atoms with van der Waals surface area (Å²) in [6.07, 6.45) is 8.34. The van der Waals surface area contributed by atoms with Crippen molar-refractivity contribution in [2.45, 2.75) is 33.6 Å². The molecule has 0 unspecified atom stereocenters. The minimum Gasteiger partial charge on any atom is -0.359 e. The van der Waals surface area contributed by atoms with Crippen LogP contribution >= 0.6 is 0 Å². The van der Waals surface area contributed by atoms with E-state index in [0.29, 0.717) is 0 Å². The Balaban J connectivity index is 2.73.